The van der Waals surface area contributed by atoms with Gasteiger partial charge in [-0.15, -0.1) is 0 Å². The van der Waals surface area contributed by atoms with Gasteiger partial charge in [-0.1, -0.05) is 65.1 Å². The predicted octanol–water partition coefficient (Wildman–Crippen LogP) is 6.11. The van der Waals surface area contributed by atoms with Gasteiger partial charge in [-0.05, 0) is 48.9 Å². The van der Waals surface area contributed by atoms with Gasteiger partial charge in [0.05, 0.1) is 21.2 Å². The van der Waals surface area contributed by atoms with E-state index < -0.39 is 0 Å². The number of nitrogens with zero attached hydrogens (tertiary/aromatic N) is 1. The molecular weight excluding hydrogens is 443 g/mol. The van der Waals surface area contributed by atoms with Crippen molar-refractivity contribution in [3.63, 3.8) is 0 Å². The molecule has 3 aromatic rings. The van der Waals surface area contributed by atoms with Crippen molar-refractivity contribution >= 4 is 52.3 Å². The van der Waals surface area contributed by atoms with Crippen molar-refractivity contribution in [1.29, 1.82) is 0 Å². The van der Waals surface area contributed by atoms with E-state index in [1.165, 1.54) is 0 Å². The van der Waals surface area contributed by atoms with Crippen LogP contribution in [0.25, 0.3) is 0 Å². The smallest absolute Gasteiger partial charge is 0.259 e. The third-order valence-corrected chi connectivity index (χ3v) is 5.31. The summed E-state index contributed by atoms with van der Waals surface area (Å²) in [4.78, 5) is 27.1. The van der Waals surface area contributed by atoms with Gasteiger partial charge in [-0.25, -0.2) is 0 Å². The highest BCUT2D eigenvalue weighted by Crippen LogP contribution is 2.25. The molecule has 0 aromatic heterocycles. The number of carbonyl (C=O) groups excluding carboxylic acids is 2. The van der Waals surface area contributed by atoms with E-state index in [-0.39, 0.29) is 11.8 Å². The van der Waals surface area contributed by atoms with E-state index in [2.05, 4.69) is 5.32 Å². The summed E-state index contributed by atoms with van der Waals surface area (Å²) in [6.07, 6.45) is 0.544. The first-order chi connectivity index (χ1) is 14.5. The summed E-state index contributed by atoms with van der Waals surface area (Å²) in [5.41, 5.74) is 1.53. The molecule has 30 heavy (non-hydrogen) atoms. The molecule has 0 fully saturated rings. The molecule has 0 spiro atoms. The van der Waals surface area contributed by atoms with E-state index in [9.17, 15) is 9.59 Å². The van der Waals surface area contributed by atoms with Gasteiger partial charge in [0, 0.05) is 23.8 Å². The Morgan fingerprint density at radius 1 is 0.800 bits per heavy atom. The van der Waals surface area contributed by atoms with Gasteiger partial charge in [0.1, 0.15) is 0 Å². The van der Waals surface area contributed by atoms with Crippen LogP contribution in [0.2, 0.25) is 15.1 Å². The van der Waals surface area contributed by atoms with Crippen LogP contribution in [-0.4, -0.2) is 24.9 Å². The quantitative estimate of drug-likeness (QED) is 0.431. The van der Waals surface area contributed by atoms with Crippen molar-refractivity contribution in [2.24, 2.45) is 0 Å². The molecule has 4 nitrogen and oxygen atoms in total. The molecule has 2 amide bonds. The zero-order valence-corrected chi connectivity index (χ0v) is 18.2. The SMILES string of the molecule is O=C(NCCCN(C(=O)c1ccc(Cl)cc1Cl)c1ccccc1)c1ccccc1Cl. The lowest BCUT2D eigenvalue weighted by Crippen LogP contribution is -2.34. The lowest BCUT2D eigenvalue weighted by molar-refractivity contribution is 0.0953. The summed E-state index contributed by atoms with van der Waals surface area (Å²) in [7, 11) is 0. The molecule has 7 heteroatoms. The zero-order chi connectivity index (χ0) is 21.5. The van der Waals surface area contributed by atoms with Crippen molar-refractivity contribution < 1.29 is 9.59 Å². The molecule has 154 valence electrons. The van der Waals surface area contributed by atoms with Gasteiger partial charge >= 0.3 is 0 Å². The van der Waals surface area contributed by atoms with Crippen molar-refractivity contribution in [3.8, 4) is 0 Å². The molecule has 0 aliphatic heterocycles. The molecule has 0 aliphatic rings. The first-order valence-corrected chi connectivity index (χ1v) is 10.5. The Morgan fingerprint density at radius 3 is 2.20 bits per heavy atom. The number of hydrogen-bond acceptors (Lipinski definition) is 2. The third-order valence-electron chi connectivity index (χ3n) is 4.44. The Kier molecular flexibility index (Phi) is 7.75. The second-order valence-corrected chi connectivity index (χ2v) is 7.76. The molecule has 0 atom stereocenters. The standard InChI is InChI=1S/C23H19Cl3N2O2/c24-16-11-12-19(21(26)15-16)23(30)28(17-7-2-1-3-8-17)14-6-13-27-22(29)18-9-4-5-10-20(18)25/h1-5,7-12,15H,6,13-14H2,(H,27,29). The number of carbonyl (C=O) groups is 2. The van der Waals surface area contributed by atoms with Crippen LogP contribution in [0.1, 0.15) is 27.1 Å². The average molecular weight is 462 g/mol. The van der Waals surface area contributed by atoms with Crippen LogP contribution in [0.15, 0.2) is 72.8 Å². The summed E-state index contributed by atoms with van der Waals surface area (Å²) in [5.74, 6) is -0.487. The van der Waals surface area contributed by atoms with Gasteiger partial charge < -0.3 is 10.2 Å². The molecule has 0 heterocycles. The van der Waals surface area contributed by atoms with E-state index in [0.717, 1.165) is 5.69 Å². The fourth-order valence-electron chi connectivity index (χ4n) is 2.94. The molecular formula is C23H19Cl3N2O2. The fourth-order valence-corrected chi connectivity index (χ4v) is 3.65. The number of amides is 2. The van der Waals surface area contributed by atoms with Gasteiger partial charge in [-0.3, -0.25) is 9.59 Å². The van der Waals surface area contributed by atoms with E-state index >= 15 is 0 Å². The maximum Gasteiger partial charge on any atom is 0.259 e. The second-order valence-electron chi connectivity index (χ2n) is 6.51. The summed E-state index contributed by atoms with van der Waals surface area (Å²) < 4.78 is 0. The van der Waals surface area contributed by atoms with E-state index in [4.69, 9.17) is 34.8 Å². The van der Waals surface area contributed by atoms with E-state index in [1.807, 2.05) is 30.3 Å². The summed E-state index contributed by atoms with van der Waals surface area (Å²) in [6.45, 7) is 0.777. The Hall–Kier alpha value is -2.53. The summed E-state index contributed by atoms with van der Waals surface area (Å²) in [5, 5.41) is 3.99. The zero-order valence-electron chi connectivity index (χ0n) is 15.9. The number of nitrogens with one attached hydrogen (secondary N) is 1. The molecule has 0 unspecified atom stereocenters. The Bertz CT molecular complexity index is 1040. The number of benzene rings is 3. The Labute approximate surface area is 190 Å². The fraction of sp³-hybridized carbons (Fsp3) is 0.130. The highest BCUT2D eigenvalue weighted by molar-refractivity contribution is 6.37. The van der Waals surface area contributed by atoms with Crippen LogP contribution in [-0.2, 0) is 0 Å². The van der Waals surface area contributed by atoms with E-state index in [0.29, 0.717) is 45.7 Å². The number of rotatable bonds is 7. The first kappa shape index (κ1) is 22.2. The molecule has 0 saturated carbocycles. The van der Waals surface area contributed by atoms with Crippen LogP contribution < -0.4 is 10.2 Å². The van der Waals surface area contributed by atoms with Gasteiger partial charge in [-0.2, -0.15) is 0 Å². The normalized spacial score (nSPS) is 10.5. The van der Waals surface area contributed by atoms with Crippen molar-refractivity contribution in [1.82, 2.24) is 5.32 Å². The highest BCUT2D eigenvalue weighted by atomic mass is 35.5. The second kappa shape index (κ2) is 10.5. The lowest BCUT2D eigenvalue weighted by Gasteiger charge is -2.23. The number of halogens is 3. The van der Waals surface area contributed by atoms with Gasteiger partial charge in [0.25, 0.3) is 11.8 Å². The maximum absolute atomic E-state index is 13.2. The van der Waals surface area contributed by atoms with Crippen LogP contribution in [0.5, 0.6) is 0 Å². The van der Waals surface area contributed by atoms with Crippen LogP contribution in [0.4, 0.5) is 5.69 Å². The third kappa shape index (κ3) is 5.54. The molecule has 3 rings (SSSR count). The van der Waals surface area contributed by atoms with Gasteiger partial charge in [0.2, 0.25) is 0 Å². The lowest BCUT2D eigenvalue weighted by atomic mass is 10.1. The van der Waals surface area contributed by atoms with Crippen LogP contribution >= 0.6 is 34.8 Å². The molecule has 3 aromatic carbocycles. The first-order valence-electron chi connectivity index (χ1n) is 9.32. The van der Waals surface area contributed by atoms with Crippen LogP contribution in [0, 0.1) is 0 Å². The molecule has 1 N–H and O–H groups in total. The predicted molar refractivity (Wildman–Crippen MR) is 123 cm³/mol. The monoisotopic (exact) mass is 460 g/mol. The molecule has 0 radical (unpaired) electrons. The highest BCUT2D eigenvalue weighted by Gasteiger charge is 2.20. The molecule has 0 aliphatic carbocycles. The van der Waals surface area contributed by atoms with Crippen molar-refractivity contribution in [2.75, 3.05) is 18.0 Å². The minimum absolute atomic E-state index is 0.236. The Balaban J connectivity index is 1.69. The minimum Gasteiger partial charge on any atom is -0.352 e. The van der Waals surface area contributed by atoms with Crippen molar-refractivity contribution in [2.45, 2.75) is 6.42 Å². The number of anilines is 1. The van der Waals surface area contributed by atoms with Crippen LogP contribution in [0.3, 0.4) is 0 Å². The average Bonchev–Trinajstić information content (AvgIpc) is 2.74. The molecule has 0 saturated heterocycles. The van der Waals surface area contributed by atoms with Crippen molar-refractivity contribution in [3.05, 3.63) is 99.0 Å². The summed E-state index contributed by atoms with van der Waals surface area (Å²) >= 11 is 18.3. The number of para-hydroxylation sites is 1. The Morgan fingerprint density at radius 2 is 1.50 bits per heavy atom. The largest absolute Gasteiger partial charge is 0.352 e. The molecule has 0 bridgehead atoms. The van der Waals surface area contributed by atoms with E-state index in [1.54, 1.807) is 47.4 Å². The summed E-state index contributed by atoms with van der Waals surface area (Å²) in [6, 6.07) is 21.0. The topological polar surface area (TPSA) is 49.4 Å². The maximum atomic E-state index is 13.2. The number of hydrogen-bond donors (Lipinski definition) is 1. The van der Waals surface area contributed by atoms with Gasteiger partial charge in [0.15, 0.2) is 0 Å². The minimum atomic E-state index is -0.251.